The Morgan fingerprint density at radius 3 is 2.67 bits per heavy atom. The first-order valence-electron chi connectivity index (χ1n) is 4.17. The molecule has 1 heterocycles. The topological polar surface area (TPSA) is 52.9 Å². The second kappa shape index (κ2) is 4.11. The first-order valence-corrected chi connectivity index (χ1v) is 4.17. The van der Waals surface area contributed by atoms with Gasteiger partial charge < -0.3 is 10.3 Å². The lowest BCUT2D eigenvalue weighted by atomic mass is 10.3. The minimum absolute atomic E-state index is 0.0482. The molecule has 0 aromatic carbocycles. The van der Waals surface area contributed by atoms with Crippen LogP contribution in [0.1, 0.15) is 12.8 Å². The zero-order chi connectivity index (χ0) is 8.97. The van der Waals surface area contributed by atoms with Gasteiger partial charge in [0.1, 0.15) is 0 Å². The van der Waals surface area contributed by atoms with Crippen LogP contribution in [0.5, 0.6) is 0 Å². The van der Waals surface area contributed by atoms with Crippen LogP contribution in [0.2, 0.25) is 0 Å². The standard InChI is InChI=1S/C8H15N3O/c1-10-6-7-11(8(10)12)5-3-2-4-9/h6-7H,2-5,9H2,1H3. The van der Waals surface area contributed by atoms with E-state index in [0.29, 0.717) is 6.54 Å². The minimum Gasteiger partial charge on any atom is -0.330 e. The Bertz CT molecular complexity index is 287. The normalized spacial score (nSPS) is 10.5. The van der Waals surface area contributed by atoms with Gasteiger partial charge in [-0.05, 0) is 19.4 Å². The summed E-state index contributed by atoms with van der Waals surface area (Å²) in [5.41, 5.74) is 5.39. The number of nitrogens with two attached hydrogens (primary N) is 1. The van der Waals surface area contributed by atoms with E-state index in [-0.39, 0.29) is 5.69 Å². The van der Waals surface area contributed by atoms with Crippen molar-refractivity contribution < 1.29 is 0 Å². The SMILES string of the molecule is Cn1ccn(CCCCN)c1=O. The third-order valence-corrected chi connectivity index (χ3v) is 1.87. The summed E-state index contributed by atoms with van der Waals surface area (Å²) in [5, 5.41) is 0. The Labute approximate surface area is 71.6 Å². The van der Waals surface area contributed by atoms with Gasteiger partial charge in [-0.25, -0.2) is 4.79 Å². The summed E-state index contributed by atoms with van der Waals surface area (Å²) in [6, 6.07) is 0. The monoisotopic (exact) mass is 169 g/mol. The highest BCUT2D eigenvalue weighted by molar-refractivity contribution is 4.79. The fourth-order valence-electron chi connectivity index (χ4n) is 1.11. The number of nitrogens with zero attached hydrogens (tertiary/aromatic N) is 2. The number of hydrogen-bond donors (Lipinski definition) is 1. The maximum absolute atomic E-state index is 11.3. The molecular formula is C8H15N3O. The van der Waals surface area contributed by atoms with Gasteiger partial charge in [0.15, 0.2) is 0 Å². The van der Waals surface area contributed by atoms with Crippen LogP contribution in [0.25, 0.3) is 0 Å². The lowest BCUT2D eigenvalue weighted by molar-refractivity contribution is 0.589. The summed E-state index contributed by atoms with van der Waals surface area (Å²) >= 11 is 0. The van der Waals surface area contributed by atoms with E-state index in [2.05, 4.69) is 0 Å². The molecule has 4 heteroatoms. The molecule has 0 aliphatic rings. The van der Waals surface area contributed by atoms with Gasteiger partial charge in [-0.3, -0.25) is 4.57 Å². The molecule has 0 bridgehead atoms. The van der Waals surface area contributed by atoms with E-state index in [1.165, 1.54) is 0 Å². The van der Waals surface area contributed by atoms with Crippen LogP contribution < -0.4 is 11.4 Å². The summed E-state index contributed by atoms with van der Waals surface area (Å²) in [6.45, 7) is 1.47. The first-order chi connectivity index (χ1) is 5.75. The summed E-state index contributed by atoms with van der Waals surface area (Å²) in [7, 11) is 1.75. The van der Waals surface area contributed by atoms with E-state index in [4.69, 9.17) is 5.73 Å². The molecule has 0 atom stereocenters. The van der Waals surface area contributed by atoms with Crippen LogP contribution in [0.3, 0.4) is 0 Å². The van der Waals surface area contributed by atoms with Crippen LogP contribution in [0.4, 0.5) is 0 Å². The fourth-order valence-corrected chi connectivity index (χ4v) is 1.11. The zero-order valence-electron chi connectivity index (χ0n) is 7.36. The number of aryl methyl sites for hydroxylation is 2. The van der Waals surface area contributed by atoms with E-state index in [1.807, 2.05) is 0 Å². The molecule has 12 heavy (non-hydrogen) atoms. The Kier molecular flexibility index (Phi) is 3.10. The number of unbranched alkanes of at least 4 members (excludes halogenated alkanes) is 1. The molecule has 1 aromatic rings. The van der Waals surface area contributed by atoms with Crippen molar-refractivity contribution in [1.29, 1.82) is 0 Å². The summed E-state index contributed by atoms with van der Waals surface area (Å²) in [4.78, 5) is 11.3. The molecule has 1 aromatic heterocycles. The van der Waals surface area contributed by atoms with Gasteiger partial charge in [-0.1, -0.05) is 0 Å². The molecule has 4 nitrogen and oxygen atoms in total. The molecule has 0 saturated carbocycles. The number of aromatic nitrogens is 2. The van der Waals surface area contributed by atoms with Crippen LogP contribution in [-0.2, 0) is 13.6 Å². The first kappa shape index (κ1) is 9.06. The summed E-state index contributed by atoms with van der Waals surface area (Å²) in [5.74, 6) is 0. The molecule has 0 aliphatic carbocycles. The van der Waals surface area contributed by atoms with Crippen LogP contribution >= 0.6 is 0 Å². The van der Waals surface area contributed by atoms with Gasteiger partial charge in [-0.2, -0.15) is 0 Å². The van der Waals surface area contributed by atoms with Crippen molar-refractivity contribution in [2.24, 2.45) is 12.8 Å². The van der Waals surface area contributed by atoms with Gasteiger partial charge in [0, 0.05) is 26.0 Å². The lowest BCUT2D eigenvalue weighted by Crippen LogP contribution is -2.22. The molecule has 0 amide bonds. The summed E-state index contributed by atoms with van der Waals surface area (Å²) in [6.07, 6.45) is 5.52. The zero-order valence-corrected chi connectivity index (χ0v) is 7.36. The van der Waals surface area contributed by atoms with Crippen molar-refractivity contribution in [3.8, 4) is 0 Å². The Balaban J connectivity index is 2.52. The largest absolute Gasteiger partial charge is 0.330 e. The van der Waals surface area contributed by atoms with Crippen molar-refractivity contribution in [2.45, 2.75) is 19.4 Å². The van der Waals surface area contributed by atoms with Crippen molar-refractivity contribution in [3.05, 3.63) is 22.9 Å². The number of imidazole rings is 1. The highest BCUT2D eigenvalue weighted by Crippen LogP contribution is 1.90. The predicted molar refractivity (Wildman–Crippen MR) is 48.0 cm³/mol. The fraction of sp³-hybridized carbons (Fsp3) is 0.625. The van der Waals surface area contributed by atoms with E-state index < -0.39 is 0 Å². The lowest BCUT2D eigenvalue weighted by Gasteiger charge is -1.98. The minimum atomic E-state index is 0.0482. The van der Waals surface area contributed by atoms with Crippen LogP contribution in [0, 0.1) is 0 Å². The number of rotatable bonds is 4. The molecule has 0 unspecified atom stereocenters. The van der Waals surface area contributed by atoms with Crippen molar-refractivity contribution in [3.63, 3.8) is 0 Å². The summed E-state index contributed by atoms with van der Waals surface area (Å²) < 4.78 is 3.28. The smallest absolute Gasteiger partial charge is 0.327 e. The Morgan fingerprint density at radius 1 is 1.42 bits per heavy atom. The molecular weight excluding hydrogens is 154 g/mol. The average Bonchev–Trinajstić information content (AvgIpc) is 2.36. The van der Waals surface area contributed by atoms with Gasteiger partial charge in [0.05, 0.1) is 0 Å². The van der Waals surface area contributed by atoms with E-state index in [0.717, 1.165) is 19.4 Å². The molecule has 0 aliphatic heterocycles. The Morgan fingerprint density at radius 2 is 2.17 bits per heavy atom. The molecule has 1 rings (SSSR count). The predicted octanol–water partition coefficient (Wildman–Crippen LogP) is -0.0743. The van der Waals surface area contributed by atoms with Gasteiger partial charge >= 0.3 is 5.69 Å². The quantitative estimate of drug-likeness (QED) is 0.641. The van der Waals surface area contributed by atoms with Gasteiger partial charge in [0.2, 0.25) is 0 Å². The van der Waals surface area contributed by atoms with Gasteiger partial charge in [-0.15, -0.1) is 0 Å². The van der Waals surface area contributed by atoms with Crippen molar-refractivity contribution >= 4 is 0 Å². The number of hydrogen-bond acceptors (Lipinski definition) is 2. The maximum atomic E-state index is 11.3. The van der Waals surface area contributed by atoms with Crippen LogP contribution in [0.15, 0.2) is 17.2 Å². The second-order valence-corrected chi connectivity index (χ2v) is 2.88. The van der Waals surface area contributed by atoms with E-state index >= 15 is 0 Å². The highest BCUT2D eigenvalue weighted by Gasteiger charge is 1.97. The maximum Gasteiger partial charge on any atom is 0.327 e. The van der Waals surface area contributed by atoms with E-state index in [9.17, 15) is 4.79 Å². The van der Waals surface area contributed by atoms with Crippen molar-refractivity contribution in [2.75, 3.05) is 6.54 Å². The molecule has 68 valence electrons. The third kappa shape index (κ3) is 1.98. The van der Waals surface area contributed by atoms with Gasteiger partial charge in [0.25, 0.3) is 0 Å². The molecule has 2 N–H and O–H groups in total. The average molecular weight is 169 g/mol. The molecule has 0 fully saturated rings. The van der Waals surface area contributed by atoms with Crippen LogP contribution in [-0.4, -0.2) is 15.7 Å². The molecule has 0 spiro atoms. The Hall–Kier alpha value is -1.03. The molecule has 0 saturated heterocycles. The molecule has 0 radical (unpaired) electrons. The second-order valence-electron chi connectivity index (χ2n) is 2.88. The van der Waals surface area contributed by atoms with Crippen molar-refractivity contribution in [1.82, 2.24) is 9.13 Å². The third-order valence-electron chi connectivity index (χ3n) is 1.87. The highest BCUT2D eigenvalue weighted by atomic mass is 16.1. The van der Waals surface area contributed by atoms with E-state index in [1.54, 1.807) is 28.6 Å².